The van der Waals surface area contributed by atoms with Gasteiger partial charge in [-0.1, -0.05) is 34.7 Å². The number of methoxy groups -OCH3 is 1. The van der Waals surface area contributed by atoms with Crippen LogP contribution in [0.5, 0.6) is 11.6 Å². The highest BCUT2D eigenvalue weighted by Gasteiger charge is 2.14. The van der Waals surface area contributed by atoms with Gasteiger partial charge in [0.25, 0.3) is 0 Å². The van der Waals surface area contributed by atoms with Crippen LogP contribution >= 0.6 is 0 Å². The molecule has 0 amide bonds. The van der Waals surface area contributed by atoms with E-state index in [0.29, 0.717) is 22.9 Å². The van der Waals surface area contributed by atoms with Crippen LogP contribution in [0.3, 0.4) is 0 Å². The van der Waals surface area contributed by atoms with Crippen molar-refractivity contribution in [2.24, 2.45) is 12.2 Å². The first-order valence-corrected chi connectivity index (χ1v) is 9.07. The van der Waals surface area contributed by atoms with E-state index in [4.69, 9.17) is 14.3 Å². The molecule has 29 heavy (non-hydrogen) atoms. The van der Waals surface area contributed by atoms with E-state index < -0.39 is 11.4 Å². The van der Waals surface area contributed by atoms with Crippen LogP contribution in [0.15, 0.2) is 41.3 Å². The number of aryl methyl sites for hydroxylation is 3. The lowest BCUT2D eigenvalue weighted by Gasteiger charge is -2.13. The van der Waals surface area contributed by atoms with E-state index in [1.807, 2.05) is 38.1 Å². The second kappa shape index (κ2) is 9.89. The van der Waals surface area contributed by atoms with Crippen molar-refractivity contribution in [3.05, 3.63) is 53.0 Å². The van der Waals surface area contributed by atoms with E-state index in [1.165, 1.54) is 6.21 Å². The lowest BCUT2D eigenvalue weighted by Crippen LogP contribution is -2.18. The third-order valence-electron chi connectivity index (χ3n) is 4.02. The number of oxime groups is 1. The smallest absolute Gasteiger partial charge is 0.226 e. The molecular formula is C22H26FN3O3. The summed E-state index contributed by atoms with van der Waals surface area (Å²) in [5, 5.41) is 8.17. The van der Waals surface area contributed by atoms with Gasteiger partial charge in [0.15, 0.2) is 6.61 Å². The van der Waals surface area contributed by atoms with Crippen LogP contribution in [0.1, 0.15) is 30.7 Å². The predicted molar refractivity (Wildman–Crippen MR) is 111 cm³/mol. The standard InChI is InChI=1S/C22H26FN3O3/c1-16-9-11-19(12-10-16)29-21-20(17(2)25-26(21)5)14-24-28-15-18(23)8-7-13-22(3,4)27-6/h8-12,14H,15H2,1-6H3. The minimum absolute atomic E-state index is 0.327. The zero-order valence-electron chi connectivity index (χ0n) is 17.6. The molecule has 0 saturated carbocycles. The Labute approximate surface area is 171 Å². The molecule has 0 aliphatic carbocycles. The van der Waals surface area contributed by atoms with E-state index >= 15 is 0 Å². The number of hydrogen-bond acceptors (Lipinski definition) is 5. The van der Waals surface area contributed by atoms with Gasteiger partial charge < -0.3 is 14.3 Å². The lowest BCUT2D eigenvalue weighted by atomic mass is 10.1. The maximum Gasteiger partial charge on any atom is 0.226 e. The molecule has 1 heterocycles. The van der Waals surface area contributed by atoms with Crippen molar-refractivity contribution in [2.75, 3.05) is 13.7 Å². The topological polar surface area (TPSA) is 57.9 Å². The van der Waals surface area contributed by atoms with E-state index in [1.54, 1.807) is 32.7 Å². The van der Waals surface area contributed by atoms with Crippen LogP contribution in [0.25, 0.3) is 0 Å². The average molecular weight is 399 g/mol. The Balaban J connectivity index is 2.02. The van der Waals surface area contributed by atoms with Gasteiger partial charge in [0.2, 0.25) is 5.88 Å². The molecule has 0 bridgehead atoms. The first-order chi connectivity index (χ1) is 13.7. The minimum Gasteiger partial charge on any atom is -0.439 e. The molecule has 0 spiro atoms. The molecule has 1 aromatic carbocycles. The summed E-state index contributed by atoms with van der Waals surface area (Å²) in [7, 11) is 3.32. The lowest BCUT2D eigenvalue weighted by molar-refractivity contribution is 0.0742. The summed E-state index contributed by atoms with van der Waals surface area (Å²) in [6.45, 7) is 7.09. The second-order valence-electron chi connectivity index (χ2n) is 6.93. The highest BCUT2D eigenvalue weighted by atomic mass is 19.1. The Morgan fingerprint density at radius 3 is 2.62 bits per heavy atom. The minimum atomic E-state index is -0.637. The fraction of sp³-hybridized carbons (Fsp3) is 0.364. The zero-order valence-corrected chi connectivity index (χ0v) is 17.6. The van der Waals surface area contributed by atoms with Crippen molar-refractivity contribution in [1.82, 2.24) is 9.78 Å². The van der Waals surface area contributed by atoms with Crippen LogP contribution in [0.4, 0.5) is 4.39 Å². The summed E-state index contributed by atoms with van der Waals surface area (Å²) in [5.74, 6) is 6.06. The van der Waals surface area contributed by atoms with E-state index in [9.17, 15) is 4.39 Å². The zero-order chi connectivity index (χ0) is 21.4. The van der Waals surface area contributed by atoms with Crippen LogP contribution in [-0.2, 0) is 16.6 Å². The van der Waals surface area contributed by atoms with Gasteiger partial charge in [-0.2, -0.15) is 5.10 Å². The van der Waals surface area contributed by atoms with Gasteiger partial charge in [0.05, 0.1) is 17.5 Å². The van der Waals surface area contributed by atoms with Crippen LogP contribution in [0.2, 0.25) is 0 Å². The monoisotopic (exact) mass is 399 g/mol. The van der Waals surface area contributed by atoms with Gasteiger partial charge in [0.1, 0.15) is 17.2 Å². The third kappa shape index (κ3) is 6.77. The molecule has 154 valence electrons. The first kappa shape index (κ1) is 22.2. The molecule has 0 unspecified atom stereocenters. The van der Waals surface area contributed by atoms with Gasteiger partial charge in [-0.3, -0.25) is 0 Å². The largest absolute Gasteiger partial charge is 0.439 e. The number of hydrogen-bond donors (Lipinski definition) is 0. The third-order valence-corrected chi connectivity index (χ3v) is 4.02. The highest BCUT2D eigenvalue weighted by molar-refractivity contribution is 5.84. The quantitative estimate of drug-likeness (QED) is 0.392. The van der Waals surface area contributed by atoms with E-state index in [-0.39, 0.29) is 6.61 Å². The number of rotatable bonds is 7. The van der Waals surface area contributed by atoms with Gasteiger partial charge in [-0.05, 0) is 39.8 Å². The summed E-state index contributed by atoms with van der Waals surface area (Å²) in [6.07, 6.45) is 2.59. The molecule has 0 radical (unpaired) electrons. The van der Waals surface area contributed by atoms with Crippen LogP contribution in [-0.4, -0.2) is 35.3 Å². The van der Waals surface area contributed by atoms with E-state index in [2.05, 4.69) is 22.1 Å². The maximum absolute atomic E-state index is 13.8. The summed E-state index contributed by atoms with van der Waals surface area (Å²) in [5.41, 5.74) is 1.87. The Morgan fingerprint density at radius 1 is 1.28 bits per heavy atom. The maximum atomic E-state index is 13.8. The molecular weight excluding hydrogens is 373 g/mol. The second-order valence-corrected chi connectivity index (χ2v) is 6.93. The first-order valence-electron chi connectivity index (χ1n) is 9.07. The Bertz CT molecular complexity index is 948. The Morgan fingerprint density at radius 2 is 1.97 bits per heavy atom. The van der Waals surface area contributed by atoms with Crippen molar-refractivity contribution in [3.63, 3.8) is 0 Å². The number of aromatic nitrogens is 2. The molecule has 0 fully saturated rings. The van der Waals surface area contributed by atoms with Gasteiger partial charge >= 0.3 is 0 Å². The number of benzene rings is 1. The van der Waals surface area contributed by atoms with Crippen LogP contribution in [0, 0.1) is 25.7 Å². The van der Waals surface area contributed by atoms with Crippen molar-refractivity contribution >= 4 is 6.21 Å². The summed E-state index contributed by atoms with van der Waals surface area (Å²) >= 11 is 0. The van der Waals surface area contributed by atoms with Crippen molar-refractivity contribution in [2.45, 2.75) is 33.3 Å². The van der Waals surface area contributed by atoms with Gasteiger partial charge in [-0.15, -0.1) is 0 Å². The number of ether oxygens (including phenoxy) is 2. The Kier molecular flexibility index (Phi) is 7.57. The summed E-state index contributed by atoms with van der Waals surface area (Å²) in [6, 6.07) is 7.67. The van der Waals surface area contributed by atoms with Gasteiger partial charge in [-0.25, -0.2) is 9.07 Å². The number of halogens is 1. The summed E-state index contributed by atoms with van der Waals surface area (Å²) < 4.78 is 26.5. The van der Waals surface area contributed by atoms with Gasteiger partial charge in [0, 0.05) is 20.2 Å². The normalized spacial score (nSPS) is 12.0. The number of nitrogens with zero attached hydrogens (tertiary/aromatic N) is 3. The molecule has 2 rings (SSSR count). The molecule has 0 saturated heterocycles. The molecule has 0 aliphatic rings. The fourth-order valence-electron chi connectivity index (χ4n) is 2.21. The van der Waals surface area contributed by atoms with Crippen LogP contribution < -0.4 is 4.74 Å². The molecule has 6 nitrogen and oxygen atoms in total. The SMILES string of the molecule is COC(C)(C)C#CC=C(F)CON=Cc1c(C)nn(C)c1Oc1ccc(C)cc1. The van der Waals surface area contributed by atoms with E-state index in [0.717, 1.165) is 11.6 Å². The van der Waals surface area contributed by atoms with Crippen molar-refractivity contribution < 1.29 is 18.7 Å². The molecule has 0 atom stereocenters. The molecule has 0 N–H and O–H groups in total. The highest BCUT2D eigenvalue weighted by Crippen LogP contribution is 2.26. The molecule has 7 heteroatoms. The molecule has 2 aromatic rings. The van der Waals surface area contributed by atoms with Crippen molar-refractivity contribution in [1.29, 1.82) is 0 Å². The van der Waals surface area contributed by atoms with Crippen molar-refractivity contribution in [3.8, 4) is 23.5 Å². The average Bonchev–Trinajstić information content (AvgIpc) is 2.93. The Hall–Kier alpha value is -3.11. The predicted octanol–water partition coefficient (Wildman–Crippen LogP) is 4.46. The fourth-order valence-corrected chi connectivity index (χ4v) is 2.21. The molecule has 0 aliphatic heterocycles. The number of allylic oxidation sites excluding steroid dienone is 1. The molecule has 1 aromatic heterocycles. The summed E-state index contributed by atoms with van der Waals surface area (Å²) in [4.78, 5) is 5.03.